The molecule has 5 nitrogen and oxygen atoms in total. The second kappa shape index (κ2) is 4.47. The Kier molecular flexibility index (Phi) is 2.79. The van der Waals surface area contributed by atoms with Gasteiger partial charge in [-0.05, 0) is 40.2 Å². The number of carboxylic acids is 1. The standard InChI is InChI=1S/C13H8BrN3O2/c14-11-10-7-8(13(18)19)4-6-17(10)12(16-11)9-3-1-2-5-15-9/h1-7H,(H,18,19). The first kappa shape index (κ1) is 11.9. The first-order valence-corrected chi connectivity index (χ1v) is 6.28. The number of hydrogen-bond donors (Lipinski definition) is 1. The van der Waals surface area contributed by atoms with Gasteiger partial charge in [0, 0.05) is 12.4 Å². The van der Waals surface area contributed by atoms with Crippen molar-refractivity contribution in [1.82, 2.24) is 14.4 Å². The summed E-state index contributed by atoms with van der Waals surface area (Å²) in [4.78, 5) is 19.6. The van der Waals surface area contributed by atoms with Crippen LogP contribution in [-0.2, 0) is 0 Å². The van der Waals surface area contributed by atoms with Crippen molar-refractivity contribution in [2.24, 2.45) is 0 Å². The zero-order valence-electron chi connectivity index (χ0n) is 9.62. The van der Waals surface area contributed by atoms with Crippen LogP contribution in [0.2, 0.25) is 0 Å². The van der Waals surface area contributed by atoms with Crippen LogP contribution in [0.3, 0.4) is 0 Å². The summed E-state index contributed by atoms with van der Waals surface area (Å²) in [5.41, 5.74) is 1.65. The minimum atomic E-state index is -0.963. The van der Waals surface area contributed by atoms with Crippen LogP contribution in [0.25, 0.3) is 17.0 Å². The number of pyridine rings is 2. The Morgan fingerprint density at radius 1 is 1.32 bits per heavy atom. The molecule has 0 aliphatic carbocycles. The smallest absolute Gasteiger partial charge is 0.335 e. The number of fused-ring (bicyclic) bond motifs is 1. The highest BCUT2D eigenvalue weighted by Crippen LogP contribution is 2.25. The summed E-state index contributed by atoms with van der Waals surface area (Å²) in [5, 5.41) is 9.00. The maximum absolute atomic E-state index is 11.0. The van der Waals surface area contributed by atoms with Crippen molar-refractivity contribution in [3.63, 3.8) is 0 Å². The summed E-state index contributed by atoms with van der Waals surface area (Å²) in [5.74, 6) is -0.297. The Hall–Kier alpha value is -2.21. The Labute approximate surface area is 116 Å². The fourth-order valence-corrected chi connectivity index (χ4v) is 2.33. The molecule has 3 aromatic rings. The fraction of sp³-hybridized carbons (Fsp3) is 0. The Morgan fingerprint density at radius 2 is 2.16 bits per heavy atom. The van der Waals surface area contributed by atoms with E-state index >= 15 is 0 Å². The molecule has 0 spiro atoms. The molecule has 0 aromatic carbocycles. The summed E-state index contributed by atoms with van der Waals surface area (Å²) >= 11 is 3.35. The molecule has 6 heteroatoms. The number of hydrogen-bond acceptors (Lipinski definition) is 3. The topological polar surface area (TPSA) is 67.5 Å². The molecule has 0 amide bonds. The molecule has 0 aliphatic rings. The third-order valence-electron chi connectivity index (χ3n) is 2.74. The van der Waals surface area contributed by atoms with Gasteiger partial charge in [-0.15, -0.1) is 0 Å². The number of carbonyl (C=O) groups is 1. The number of imidazole rings is 1. The monoisotopic (exact) mass is 317 g/mol. The second-order valence-corrected chi connectivity index (χ2v) is 4.67. The molecule has 94 valence electrons. The van der Waals surface area contributed by atoms with Crippen LogP contribution in [0.15, 0.2) is 47.3 Å². The van der Waals surface area contributed by atoms with E-state index in [0.29, 0.717) is 15.9 Å². The van der Waals surface area contributed by atoms with Crippen LogP contribution in [-0.4, -0.2) is 25.4 Å². The highest BCUT2D eigenvalue weighted by molar-refractivity contribution is 9.10. The predicted molar refractivity (Wildman–Crippen MR) is 73.1 cm³/mol. The third kappa shape index (κ3) is 2.00. The maximum Gasteiger partial charge on any atom is 0.335 e. The largest absolute Gasteiger partial charge is 0.478 e. The van der Waals surface area contributed by atoms with Gasteiger partial charge in [0.2, 0.25) is 0 Å². The van der Waals surface area contributed by atoms with Crippen molar-refractivity contribution >= 4 is 27.4 Å². The van der Waals surface area contributed by atoms with E-state index in [1.165, 1.54) is 6.07 Å². The van der Waals surface area contributed by atoms with Gasteiger partial charge in [0.1, 0.15) is 10.3 Å². The van der Waals surface area contributed by atoms with Gasteiger partial charge in [-0.3, -0.25) is 9.38 Å². The predicted octanol–water partition coefficient (Wildman–Crippen LogP) is 2.86. The zero-order chi connectivity index (χ0) is 13.4. The molecule has 0 bridgehead atoms. The Bertz CT molecular complexity index is 768. The van der Waals surface area contributed by atoms with Crippen molar-refractivity contribution in [2.45, 2.75) is 0 Å². The summed E-state index contributed by atoms with van der Waals surface area (Å²) in [6, 6.07) is 8.67. The van der Waals surface area contributed by atoms with E-state index < -0.39 is 5.97 Å². The van der Waals surface area contributed by atoms with Crippen LogP contribution >= 0.6 is 15.9 Å². The molecule has 0 aliphatic heterocycles. The third-order valence-corrected chi connectivity index (χ3v) is 3.32. The number of aromatic carboxylic acids is 1. The summed E-state index contributed by atoms with van der Waals surface area (Å²) in [6.45, 7) is 0. The van der Waals surface area contributed by atoms with Gasteiger partial charge in [0.05, 0.1) is 11.1 Å². The van der Waals surface area contributed by atoms with Gasteiger partial charge < -0.3 is 5.11 Å². The number of nitrogens with zero attached hydrogens (tertiary/aromatic N) is 3. The first-order valence-electron chi connectivity index (χ1n) is 5.49. The van der Waals surface area contributed by atoms with Crippen LogP contribution in [0.1, 0.15) is 10.4 Å². The summed E-state index contributed by atoms with van der Waals surface area (Å²) in [6.07, 6.45) is 3.37. The molecular formula is C13H8BrN3O2. The van der Waals surface area contributed by atoms with Crippen molar-refractivity contribution in [3.05, 3.63) is 52.9 Å². The molecule has 3 aromatic heterocycles. The van der Waals surface area contributed by atoms with Crippen LogP contribution in [0.5, 0.6) is 0 Å². The van der Waals surface area contributed by atoms with Gasteiger partial charge in [-0.2, -0.15) is 0 Å². The van der Waals surface area contributed by atoms with Crippen molar-refractivity contribution in [3.8, 4) is 11.5 Å². The molecular weight excluding hydrogens is 310 g/mol. The minimum absolute atomic E-state index is 0.223. The lowest BCUT2D eigenvalue weighted by Gasteiger charge is -2.01. The summed E-state index contributed by atoms with van der Waals surface area (Å²) < 4.78 is 2.40. The SMILES string of the molecule is O=C(O)c1ccn2c(-c3ccccn3)nc(Br)c2c1. The van der Waals surface area contributed by atoms with E-state index in [-0.39, 0.29) is 5.56 Å². The van der Waals surface area contributed by atoms with Gasteiger partial charge >= 0.3 is 5.97 Å². The number of halogens is 1. The van der Waals surface area contributed by atoms with Gasteiger partial charge in [0.25, 0.3) is 0 Å². The van der Waals surface area contributed by atoms with E-state index in [4.69, 9.17) is 5.11 Å². The van der Waals surface area contributed by atoms with Gasteiger partial charge in [-0.25, -0.2) is 9.78 Å². The quantitative estimate of drug-likeness (QED) is 0.789. The van der Waals surface area contributed by atoms with Crippen LogP contribution in [0, 0.1) is 0 Å². The van der Waals surface area contributed by atoms with Crippen molar-refractivity contribution in [1.29, 1.82) is 0 Å². The van der Waals surface area contributed by atoms with Gasteiger partial charge in [-0.1, -0.05) is 6.07 Å². The maximum atomic E-state index is 11.0. The second-order valence-electron chi connectivity index (χ2n) is 3.92. The first-order chi connectivity index (χ1) is 9.16. The molecule has 0 unspecified atom stereocenters. The van der Waals surface area contributed by atoms with Gasteiger partial charge in [0.15, 0.2) is 5.82 Å². The molecule has 0 saturated carbocycles. The molecule has 3 rings (SSSR count). The lowest BCUT2D eigenvalue weighted by molar-refractivity contribution is 0.0697. The lowest BCUT2D eigenvalue weighted by Crippen LogP contribution is -1.98. The van der Waals surface area contributed by atoms with Crippen molar-refractivity contribution in [2.75, 3.05) is 0 Å². The van der Waals surface area contributed by atoms with E-state index in [2.05, 4.69) is 25.9 Å². The molecule has 3 heterocycles. The molecule has 0 saturated heterocycles. The molecule has 19 heavy (non-hydrogen) atoms. The fourth-order valence-electron chi connectivity index (χ4n) is 1.86. The van der Waals surface area contributed by atoms with Crippen molar-refractivity contribution < 1.29 is 9.90 Å². The average Bonchev–Trinajstić information content (AvgIpc) is 2.77. The number of aromatic nitrogens is 3. The van der Waals surface area contributed by atoms with E-state index in [9.17, 15) is 4.79 Å². The van der Waals surface area contributed by atoms with Crippen LogP contribution in [0.4, 0.5) is 0 Å². The normalized spacial score (nSPS) is 10.8. The highest BCUT2D eigenvalue weighted by Gasteiger charge is 2.13. The zero-order valence-corrected chi connectivity index (χ0v) is 11.2. The van der Waals surface area contributed by atoms with Crippen LogP contribution < -0.4 is 0 Å². The average molecular weight is 318 g/mol. The Morgan fingerprint density at radius 3 is 2.84 bits per heavy atom. The number of rotatable bonds is 2. The molecule has 0 atom stereocenters. The molecule has 0 fully saturated rings. The molecule has 0 radical (unpaired) electrons. The summed E-state index contributed by atoms with van der Waals surface area (Å²) in [7, 11) is 0. The van der Waals surface area contributed by atoms with E-state index in [1.807, 2.05) is 18.2 Å². The highest BCUT2D eigenvalue weighted by atomic mass is 79.9. The molecule has 1 N–H and O–H groups in total. The minimum Gasteiger partial charge on any atom is -0.478 e. The lowest BCUT2D eigenvalue weighted by atomic mass is 10.2. The Balaban J connectivity index is 2.26. The number of carboxylic acid groups (broad SMARTS) is 1. The van der Waals surface area contributed by atoms with E-state index in [0.717, 1.165) is 5.69 Å². The van der Waals surface area contributed by atoms with E-state index in [1.54, 1.807) is 22.9 Å².